The summed E-state index contributed by atoms with van der Waals surface area (Å²) in [5.74, 6) is 1.29. The van der Waals surface area contributed by atoms with Gasteiger partial charge in [-0.25, -0.2) is 9.78 Å². The Kier molecular flexibility index (Phi) is 4.47. The minimum atomic E-state index is -0.527. The van der Waals surface area contributed by atoms with Gasteiger partial charge in [-0.2, -0.15) is 0 Å². The molecule has 0 aliphatic carbocycles. The maximum absolute atomic E-state index is 11.7. The fourth-order valence-electron chi connectivity index (χ4n) is 2.21. The first-order chi connectivity index (χ1) is 10.1. The second-order valence-electron chi connectivity index (χ2n) is 4.51. The summed E-state index contributed by atoms with van der Waals surface area (Å²) in [6, 6.07) is 7.67. The van der Waals surface area contributed by atoms with E-state index < -0.39 is 5.97 Å². The number of anilines is 1. The van der Waals surface area contributed by atoms with Gasteiger partial charge < -0.3 is 19.8 Å². The molecule has 0 bridgehead atoms. The summed E-state index contributed by atoms with van der Waals surface area (Å²) in [5.41, 5.74) is 7.18. The molecule has 1 aromatic carbocycles. The van der Waals surface area contributed by atoms with Crippen molar-refractivity contribution in [1.29, 1.82) is 0 Å². The van der Waals surface area contributed by atoms with Crippen LogP contribution in [0, 0.1) is 0 Å². The summed E-state index contributed by atoms with van der Waals surface area (Å²) in [7, 11) is 2.93. The number of hydrogen-bond acceptors (Lipinski definition) is 5. The van der Waals surface area contributed by atoms with Crippen LogP contribution in [0.5, 0.6) is 5.75 Å². The zero-order valence-corrected chi connectivity index (χ0v) is 12.4. The number of aryl methyl sites for hydroxylation is 1. The monoisotopic (exact) mass is 289 g/mol. The van der Waals surface area contributed by atoms with Gasteiger partial charge in [-0.1, -0.05) is 25.1 Å². The molecule has 0 aliphatic heterocycles. The molecule has 0 amide bonds. The number of hydrogen-bond donors (Lipinski definition) is 1. The molecular formula is C15H19N3O3. The Balaban J connectivity index is 2.44. The molecule has 0 atom stereocenters. The Morgan fingerprint density at radius 3 is 2.67 bits per heavy atom. The van der Waals surface area contributed by atoms with Gasteiger partial charge in [0.25, 0.3) is 0 Å². The van der Waals surface area contributed by atoms with Crippen molar-refractivity contribution in [2.24, 2.45) is 0 Å². The predicted octanol–water partition coefficient (Wildman–Crippen LogP) is 1.87. The van der Waals surface area contributed by atoms with Gasteiger partial charge in [0, 0.05) is 12.0 Å². The third-order valence-corrected chi connectivity index (χ3v) is 3.30. The van der Waals surface area contributed by atoms with Crippen LogP contribution in [0.4, 0.5) is 5.82 Å². The molecule has 0 saturated heterocycles. The minimum absolute atomic E-state index is 0.157. The van der Waals surface area contributed by atoms with Crippen molar-refractivity contribution in [2.45, 2.75) is 19.9 Å². The first-order valence-corrected chi connectivity index (χ1v) is 6.67. The molecule has 0 saturated carbocycles. The fraction of sp³-hybridized carbons (Fsp3) is 0.333. The molecule has 0 aliphatic rings. The highest BCUT2D eigenvalue weighted by Gasteiger charge is 2.20. The number of benzene rings is 1. The lowest BCUT2D eigenvalue weighted by Gasteiger charge is -2.12. The smallest absolute Gasteiger partial charge is 0.360 e. The highest BCUT2D eigenvalue weighted by Crippen LogP contribution is 2.23. The zero-order chi connectivity index (χ0) is 15.4. The number of carbonyl (C=O) groups excluding carboxylic acids is 1. The van der Waals surface area contributed by atoms with Crippen molar-refractivity contribution >= 4 is 11.8 Å². The summed E-state index contributed by atoms with van der Waals surface area (Å²) < 4.78 is 11.9. The van der Waals surface area contributed by atoms with Gasteiger partial charge in [0.2, 0.25) is 0 Å². The highest BCUT2D eigenvalue weighted by atomic mass is 16.5. The number of nitrogens with two attached hydrogens (primary N) is 1. The zero-order valence-electron chi connectivity index (χ0n) is 12.4. The van der Waals surface area contributed by atoms with E-state index in [1.54, 1.807) is 7.11 Å². The van der Waals surface area contributed by atoms with Crippen molar-refractivity contribution in [3.8, 4) is 5.75 Å². The van der Waals surface area contributed by atoms with Gasteiger partial charge in [0.1, 0.15) is 17.4 Å². The SMILES string of the molecule is CCc1nc(C(=O)OC)c(N)n1Cc1ccccc1OC. The van der Waals surface area contributed by atoms with Crippen molar-refractivity contribution in [1.82, 2.24) is 9.55 Å². The van der Waals surface area contributed by atoms with Crippen LogP contribution in [0.25, 0.3) is 0 Å². The van der Waals surface area contributed by atoms with Crippen LogP contribution in [0.15, 0.2) is 24.3 Å². The van der Waals surface area contributed by atoms with E-state index in [9.17, 15) is 4.79 Å². The van der Waals surface area contributed by atoms with Crippen molar-refractivity contribution in [2.75, 3.05) is 20.0 Å². The highest BCUT2D eigenvalue weighted by molar-refractivity contribution is 5.92. The molecular weight excluding hydrogens is 270 g/mol. The van der Waals surface area contributed by atoms with Crippen LogP contribution >= 0.6 is 0 Å². The molecule has 2 rings (SSSR count). The first-order valence-electron chi connectivity index (χ1n) is 6.67. The van der Waals surface area contributed by atoms with E-state index in [4.69, 9.17) is 15.2 Å². The molecule has 6 nitrogen and oxygen atoms in total. The molecule has 1 aromatic heterocycles. The Morgan fingerprint density at radius 2 is 2.05 bits per heavy atom. The van der Waals surface area contributed by atoms with E-state index in [0.717, 1.165) is 17.1 Å². The number of rotatable bonds is 5. The minimum Gasteiger partial charge on any atom is -0.496 e. The van der Waals surface area contributed by atoms with Gasteiger partial charge in [0.15, 0.2) is 5.69 Å². The molecule has 112 valence electrons. The second-order valence-corrected chi connectivity index (χ2v) is 4.51. The Hall–Kier alpha value is -2.50. The average Bonchev–Trinajstić information content (AvgIpc) is 2.83. The quantitative estimate of drug-likeness (QED) is 0.850. The van der Waals surface area contributed by atoms with Gasteiger partial charge in [-0.05, 0) is 6.07 Å². The molecule has 2 aromatic rings. The summed E-state index contributed by atoms with van der Waals surface area (Å²) >= 11 is 0. The summed E-state index contributed by atoms with van der Waals surface area (Å²) in [4.78, 5) is 16.0. The van der Waals surface area contributed by atoms with Crippen molar-refractivity contribution in [3.63, 3.8) is 0 Å². The van der Waals surface area contributed by atoms with Gasteiger partial charge in [-0.3, -0.25) is 0 Å². The molecule has 0 fully saturated rings. The number of imidazole rings is 1. The molecule has 21 heavy (non-hydrogen) atoms. The van der Waals surface area contributed by atoms with E-state index in [2.05, 4.69) is 4.98 Å². The average molecular weight is 289 g/mol. The molecule has 0 radical (unpaired) electrons. The Labute approximate surface area is 123 Å². The number of para-hydroxylation sites is 1. The lowest BCUT2D eigenvalue weighted by molar-refractivity contribution is 0.0595. The van der Waals surface area contributed by atoms with E-state index in [-0.39, 0.29) is 5.69 Å². The number of esters is 1. The van der Waals surface area contributed by atoms with Crippen molar-refractivity contribution < 1.29 is 14.3 Å². The Morgan fingerprint density at radius 1 is 1.33 bits per heavy atom. The molecule has 0 unspecified atom stereocenters. The van der Waals surface area contributed by atoms with Crippen LogP contribution in [-0.2, 0) is 17.7 Å². The van der Waals surface area contributed by atoms with Crippen LogP contribution in [0.2, 0.25) is 0 Å². The van der Waals surface area contributed by atoms with Crippen LogP contribution in [0.3, 0.4) is 0 Å². The van der Waals surface area contributed by atoms with E-state index >= 15 is 0 Å². The molecule has 0 spiro atoms. The van der Waals surface area contributed by atoms with Crippen LogP contribution in [-0.4, -0.2) is 29.7 Å². The normalized spacial score (nSPS) is 10.4. The third kappa shape index (κ3) is 2.84. The maximum Gasteiger partial charge on any atom is 0.360 e. The molecule has 1 heterocycles. The largest absolute Gasteiger partial charge is 0.496 e. The standard InChI is InChI=1S/C15H19N3O3/c1-4-12-17-13(15(19)21-3)14(16)18(12)9-10-7-5-6-8-11(10)20-2/h5-8H,4,9,16H2,1-3H3. The van der Waals surface area contributed by atoms with Gasteiger partial charge in [-0.15, -0.1) is 0 Å². The summed E-state index contributed by atoms with van der Waals surface area (Å²) in [5, 5.41) is 0. The maximum atomic E-state index is 11.7. The fourth-order valence-corrected chi connectivity index (χ4v) is 2.21. The number of carbonyl (C=O) groups is 1. The van der Waals surface area contributed by atoms with E-state index in [1.165, 1.54) is 7.11 Å². The van der Waals surface area contributed by atoms with E-state index in [1.807, 2.05) is 35.8 Å². The lowest BCUT2D eigenvalue weighted by atomic mass is 10.2. The Bertz CT molecular complexity index is 650. The number of methoxy groups -OCH3 is 2. The third-order valence-electron chi connectivity index (χ3n) is 3.30. The van der Waals surface area contributed by atoms with E-state index in [0.29, 0.717) is 18.8 Å². The summed E-state index contributed by atoms with van der Waals surface area (Å²) in [6.45, 7) is 2.45. The summed E-state index contributed by atoms with van der Waals surface area (Å²) in [6.07, 6.45) is 0.663. The number of ether oxygens (including phenoxy) is 2. The topological polar surface area (TPSA) is 79.4 Å². The lowest BCUT2D eigenvalue weighted by Crippen LogP contribution is -2.10. The van der Waals surface area contributed by atoms with Crippen LogP contribution in [0.1, 0.15) is 28.8 Å². The first kappa shape index (κ1) is 14.9. The van der Waals surface area contributed by atoms with Crippen LogP contribution < -0.4 is 10.5 Å². The number of nitrogen functional groups attached to an aromatic ring is 1. The van der Waals surface area contributed by atoms with Gasteiger partial charge in [0.05, 0.1) is 20.8 Å². The second kappa shape index (κ2) is 6.30. The number of aromatic nitrogens is 2. The number of nitrogens with zero attached hydrogens (tertiary/aromatic N) is 2. The predicted molar refractivity (Wildman–Crippen MR) is 79.5 cm³/mol. The van der Waals surface area contributed by atoms with Crippen molar-refractivity contribution in [3.05, 3.63) is 41.3 Å². The molecule has 2 N–H and O–H groups in total. The molecule has 6 heteroatoms. The van der Waals surface area contributed by atoms with Gasteiger partial charge >= 0.3 is 5.97 Å².